The molecule has 1 aliphatic heterocycles. The first kappa shape index (κ1) is 47.4. The fourth-order valence-corrected chi connectivity index (χ4v) is 7.74. The lowest BCUT2D eigenvalue weighted by Crippen LogP contribution is -2.41. The van der Waals surface area contributed by atoms with Crippen LogP contribution in [-0.2, 0) is 30.2 Å². The molecule has 0 radical (unpaired) electrons. The highest BCUT2D eigenvalue weighted by atomic mass is 32.1. The quantitative estimate of drug-likeness (QED) is 0.131. The van der Waals surface area contributed by atoms with Crippen LogP contribution < -0.4 is 32.5 Å². The number of nitrogens with one attached hydrogen (secondary N) is 2. The Morgan fingerprint density at radius 1 is 0.873 bits per heavy atom. The molecule has 4 N–H and O–H groups in total. The van der Waals surface area contributed by atoms with Crippen LogP contribution in [0.1, 0.15) is 87.1 Å². The molecule has 18 heteroatoms. The van der Waals surface area contributed by atoms with Gasteiger partial charge >= 0.3 is 5.69 Å². The standard InChI is InChI=1S/C23H23N5O2S.C18H20N6O3S.2C2H6/c1-14-26(2)22-20(23(30)27(14)3)28(21(25-22)16-4-5-16)12-19(29)24-18-8-6-15(7-9-18)17-10-11-31-13-17;1-9(16(25)21-12-7-5-11(6-8-12)14(19)28)24-10(2)20-15-13(24)17(26)23(4)18(27)22(15)3;2*1-2/h6-11,13,16H,1,4-5,12H2,2-3H3,(H,24,29);5-9H,1-4H3,(H2,19,28)(H,21,25);2*1-2H3. The largest absolute Gasteiger partial charge is 0.389 e. The predicted molar refractivity (Wildman–Crippen MR) is 256 cm³/mol. The molecular weight excluding hydrogens is 839 g/mol. The summed E-state index contributed by atoms with van der Waals surface area (Å²) in [5.74, 6) is 1.99. The van der Waals surface area contributed by atoms with Crippen molar-refractivity contribution in [1.29, 1.82) is 0 Å². The van der Waals surface area contributed by atoms with Crippen molar-refractivity contribution in [2.24, 2.45) is 19.8 Å². The lowest BCUT2D eigenvalue weighted by atomic mass is 10.1. The molecule has 2 aromatic carbocycles. The number of carbonyl (C=O) groups is 3. The lowest BCUT2D eigenvalue weighted by Gasteiger charge is -2.32. The predicted octanol–water partition coefficient (Wildman–Crippen LogP) is 6.75. The molecule has 0 spiro atoms. The lowest BCUT2D eigenvalue weighted by molar-refractivity contribution is -0.119. The van der Waals surface area contributed by atoms with E-state index in [9.17, 15) is 24.0 Å². The van der Waals surface area contributed by atoms with Crippen LogP contribution >= 0.6 is 23.6 Å². The Morgan fingerprint density at radius 3 is 2.05 bits per heavy atom. The number of hydrogen-bond acceptors (Lipinski definition) is 10. The first-order chi connectivity index (χ1) is 30.1. The number of thiocarbonyl (C=S) groups is 1. The average molecular weight is 894 g/mol. The number of carbonyl (C=O) groups excluding carboxylic acids is 3. The van der Waals surface area contributed by atoms with Gasteiger partial charge in [0.05, 0.1) is 0 Å². The number of imidazole rings is 2. The highest BCUT2D eigenvalue weighted by Crippen LogP contribution is 2.43. The van der Waals surface area contributed by atoms with Crippen molar-refractivity contribution in [2.75, 3.05) is 29.6 Å². The number of benzene rings is 2. The monoisotopic (exact) mass is 893 g/mol. The number of nitrogens with two attached hydrogens (primary N) is 1. The topological polar surface area (TPSA) is 187 Å². The second-order valence-electron chi connectivity index (χ2n) is 14.5. The zero-order chi connectivity index (χ0) is 46.4. The van der Waals surface area contributed by atoms with Crippen LogP contribution in [0.5, 0.6) is 0 Å². The number of anilines is 3. The van der Waals surface area contributed by atoms with Gasteiger partial charge in [-0.05, 0) is 91.0 Å². The Hall–Kier alpha value is -6.66. The van der Waals surface area contributed by atoms with E-state index in [4.69, 9.17) is 22.9 Å². The van der Waals surface area contributed by atoms with Crippen molar-refractivity contribution in [1.82, 2.24) is 33.1 Å². The normalized spacial score (nSPS) is 13.4. The molecule has 5 heterocycles. The molecule has 1 saturated carbocycles. The first-order valence-electron chi connectivity index (χ1n) is 20.7. The number of aromatic nitrogens is 6. The summed E-state index contributed by atoms with van der Waals surface area (Å²) in [6, 6.07) is 15.9. The molecule has 1 fully saturated rings. The summed E-state index contributed by atoms with van der Waals surface area (Å²) >= 11 is 6.57. The van der Waals surface area contributed by atoms with E-state index in [0.29, 0.717) is 40.3 Å². The highest BCUT2D eigenvalue weighted by molar-refractivity contribution is 7.80. The third kappa shape index (κ3) is 9.71. The molecule has 6 aromatic rings. The summed E-state index contributed by atoms with van der Waals surface area (Å²) in [5.41, 5.74) is 9.75. The molecule has 16 nitrogen and oxygen atoms in total. The summed E-state index contributed by atoms with van der Waals surface area (Å²) in [6.07, 6.45) is 2.05. The van der Waals surface area contributed by atoms with Crippen LogP contribution in [0.25, 0.3) is 22.3 Å². The molecule has 8 rings (SSSR count). The number of hydrogen-bond donors (Lipinski definition) is 3. The Kier molecular flexibility index (Phi) is 15.1. The van der Waals surface area contributed by atoms with Gasteiger partial charge < -0.3 is 30.4 Å². The van der Waals surface area contributed by atoms with Crippen molar-refractivity contribution in [3.8, 4) is 11.1 Å². The smallest absolute Gasteiger partial charge is 0.332 e. The van der Waals surface area contributed by atoms with Crippen molar-refractivity contribution in [3.05, 3.63) is 122 Å². The molecule has 2 aliphatic rings. The molecule has 1 atom stereocenters. The minimum atomic E-state index is -0.731. The highest BCUT2D eigenvalue weighted by Gasteiger charge is 2.39. The zero-order valence-electron chi connectivity index (χ0n) is 37.3. The Balaban J connectivity index is 0.000000222. The second-order valence-corrected chi connectivity index (χ2v) is 15.7. The number of amides is 3. The van der Waals surface area contributed by atoms with Gasteiger partial charge in [0.15, 0.2) is 22.7 Å². The maximum absolute atomic E-state index is 13.0. The summed E-state index contributed by atoms with van der Waals surface area (Å²) in [6.45, 7) is 15.4. The number of thiophene rings is 1. The minimum Gasteiger partial charge on any atom is -0.389 e. The molecule has 3 amide bonds. The van der Waals surface area contributed by atoms with Crippen LogP contribution in [0.15, 0.2) is 87.3 Å². The number of fused-ring (bicyclic) bond motifs is 2. The van der Waals surface area contributed by atoms with Gasteiger partial charge in [0.1, 0.15) is 35.0 Å². The summed E-state index contributed by atoms with van der Waals surface area (Å²) in [7, 11) is 6.46. The molecule has 4 aromatic heterocycles. The molecular formula is C45H55N11O5S2. The van der Waals surface area contributed by atoms with E-state index in [1.54, 1.807) is 66.0 Å². The van der Waals surface area contributed by atoms with Gasteiger partial charge in [0.25, 0.3) is 11.5 Å². The van der Waals surface area contributed by atoms with E-state index in [1.165, 1.54) is 28.1 Å². The minimum absolute atomic E-state index is 0.0420. The Morgan fingerprint density at radius 2 is 1.48 bits per heavy atom. The van der Waals surface area contributed by atoms with E-state index in [-0.39, 0.29) is 40.4 Å². The van der Waals surface area contributed by atoms with Crippen LogP contribution in [-0.4, -0.2) is 69.9 Å². The average Bonchev–Trinajstić information content (AvgIpc) is 3.66. The molecule has 63 heavy (non-hydrogen) atoms. The first-order valence-corrected chi connectivity index (χ1v) is 22.0. The Bertz CT molecular complexity index is 2780. The van der Waals surface area contributed by atoms with Gasteiger partial charge in [-0.25, -0.2) is 14.8 Å². The van der Waals surface area contributed by atoms with Gasteiger partial charge in [0.2, 0.25) is 11.8 Å². The number of nitrogens with zero attached hydrogens (tertiary/aromatic N) is 8. The van der Waals surface area contributed by atoms with Gasteiger partial charge in [-0.1, -0.05) is 58.6 Å². The van der Waals surface area contributed by atoms with Crippen LogP contribution in [0.3, 0.4) is 0 Å². The van der Waals surface area contributed by atoms with E-state index in [1.807, 2.05) is 64.4 Å². The Labute approximate surface area is 375 Å². The van der Waals surface area contributed by atoms with Crippen molar-refractivity contribution in [2.45, 2.75) is 72.9 Å². The molecule has 0 saturated heterocycles. The van der Waals surface area contributed by atoms with Gasteiger partial charge in [0, 0.05) is 51.0 Å². The van der Waals surface area contributed by atoms with Crippen LogP contribution in [0, 0.1) is 6.92 Å². The molecule has 1 aliphatic carbocycles. The van der Waals surface area contributed by atoms with Crippen LogP contribution in [0.2, 0.25) is 0 Å². The SMILES string of the molecule is C=C1N(C)C(=O)c2c(nc(C3CC3)n2CC(=O)Nc2ccc(-c3ccsc3)cc2)N1C.CC.CC.Cc1nc2c(c(=O)n(C)c(=O)n2C)n1C(C)C(=O)Nc1ccc(C(N)=S)cc1. The molecule has 0 bridgehead atoms. The summed E-state index contributed by atoms with van der Waals surface area (Å²) < 4.78 is 5.61. The third-order valence-electron chi connectivity index (χ3n) is 10.5. The van der Waals surface area contributed by atoms with Crippen molar-refractivity contribution in [3.63, 3.8) is 0 Å². The van der Waals surface area contributed by atoms with Crippen molar-refractivity contribution < 1.29 is 14.4 Å². The maximum atomic E-state index is 13.0. The van der Waals surface area contributed by atoms with Crippen LogP contribution in [0.4, 0.5) is 17.2 Å². The summed E-state index contributed by atoms with van der Waals surface area (Å²) in [4.78, 5) is 76.1. The van der Waals surface area contributed by atoms with E-state index >= 15 is 0 Å². The van der Waals surface area contributed by atoms with E-state index in [0.717, 1.165) is 40.0 Å². The third-order valence-corrected chi connectivity index (χ3v) is 11.4. The zero-order valence-corrected chi connectivity index (χ0v) is 39.0. The van der Waals surface area contributed by atoms with Gasteiger partial charge in [-0.2, -0.15) is 11.3 Å². The molecule has 1 unspecified atom stereocenters. The van der Waals surface area contributed by atoms with E-state index < -0.39 is 17.3 Å². The fourth-order valence-electron chi connectivity index (χ4n) is 6.94. The van der Waals surface area contributed by atoms with E-state index in [2.05, 4.69) is 33.6 Å². The molecule has 332 valence electrons. The number of aryl methyl sites for hydroxylation is 2. The number of rotatable bonds is 9. The van der Waals surface area contributed by atoms with Crippen molar-refractivity contribution >= 4 is 74.6 Å². The maximum Gasteiger partial charge on any atom is 0.332 e. The van der Waals surface area contributed by atoms with Gasteiger partial charge in [-0.15, -0.1) is 0 Å². The fraction of sp³-hybridized carbons (Fsp3) is 0.333. The van der Waals surface area contributed by atoms with Gasteiger partial charge in [-0.3, -0.25) is 33.2 Å². The summed E-state index contributed by atoms with van der Waals surface area (Å²) in [5, 5.41) is 9.88. The second kappa shape index (κ2) is 20.0.